The highest BCUT2D eigenvalue weighted by Crippen LogP contribution is 2.25. The second-order valence-electron chi connectivity index (χ2n) is 9.30. The number of carbonyl (C=O) groups is 1. The average molecular weight is 470 g/mol. The fourth-order valence-corrected chi connectivity index (χ4v) is 4.32. The van der Waals surface area contributed by atoms with Crippen molar-refractivity contribution < 1.29 is 27.2 Å². The SMILES string of the molecule is CC(C)(C)OC(=O)N1CCC(ON=C2CCN(c3ccc(S(C)(=O)=O)cc3F)CC2)CC1. The van der Waals surface area contributed by atoms with Crippen LogP contribution in [0.4, 0.5) is 14.9 Å². The first kappa shape index (κ1) is 24.3. The number of benzene rings is 1. The van der Waals surface area contributed by atoms with Crippen molar-refractivity contribution in [3.8, 4) is 0 Å². The first-order chi connectivity index (χ1) is 14.9. The summed E-state index contributed by atoms with van der Waals surface area (Å²) >= 11 is 0. The maximum absolute atomic E-state index is 14.4. The zero-order valence-corrected chi connectivity index (χ0v) is 20.0. The zero-order valence-electron chi connectivity index (χ0n) is 19.1. The summed E-state index contributed by atoms with van der Waals surface area (Å²) in [5, 5.41) is 4.32. The first-order valence-electron chi connectivity index (χ1n) is 10.9. The van der Waals surface area contributed by atoms with Gasteiger partial charge in [0.25, 0.3) is 0 Å². The van der Waals surface area contributed by atoms with Gasteiger partial charge in [-0.25, -0.2) is 17.6 Å². The summed E-state index contributed by atoms with van der Waals surface area (Å²) in [6.07, 6.45) is 3.40. The molecule has 1 aromatic rings. The Labute approximate surface area is 189 Å². The van der Waals surface area contributed by atoms with Crippen LogP contribution in [0.2, 0.25) is 0 Å². The van der Waals surface area contributed by atoms with Crippen LogP contribution in [0.5, 0.6) is 0 Å². The zero-order chi connectivity index (χ0) is 23.5. The van der Waals surface area contributed by atoms with Gasteiger partial charge in [0.05, 0.1) is 16.3 Å². The Balaban J connectivity index is 1.46. The summed E-state index contributed by atoms with van der Waals surface area (Å²) in [7, 11) is -3.44. The molecular formula is C22H32FN3O5S. The van der Waals surface area contributed by atoms with Crippen LogP contribution in [0, 0.1) is 5.82 Å². The number of nitrogens with zero attached hydrogens (tertiary/aromatic N) is 3. The van der Waals surface area contributed by atoms with E-state index in [0.29, 0.717) is 57.5 Å². The van der Waals surface area contributed by atoms with Crippen molar-refractivity contribution in [3.05, 3.63) is 24.0 Å². The van der Waals surface area contributed by atoms with Crippen LogP contribution in [-0.2, 0) is 19.4 Å². The topological polar surface area (TPSA) is 88.5 Å². The minimum absolute atomic E-state index is 0.0240. The summed E-state index contributed by atoms with van der Waals surface area (Å²) < 4.78 is 43.0. The van der Waals surface area contributed by atoms with E-state index >= 15 is 0 Å². The van der Waals surface area contributed by atoms with E-state index < -0.39 is 21.3 Å². The molecule has 0 atom stereocenters. The number of carbonyl (C=O) groups excluding carboxylic acids is 1. The molecular weight excluding hydrogens is 437 g/mol. The molecule has 0 spiro atoms. The van der Waals surface area contributed by atoms with Crippen LogP contribution in [-0.4, -0.2) is 69.3 Å². The maximum Gasteiger partial charge on any atom is 0.410 e. The van der Waals surface area contributed by atoms with Crippen LogP contribution in [0.25, 0.3) is 0 Å². The van der Waals surface area contributed by atoms with Crippen molar-refractivity contribution >= 4 is 27.3 Å². The third-order valence-electron chi connectivity index (χ3n) is 5.45. The van der Waals surface area contributed by atoms with Gasteiger partial charge in [0.1, 0.15) is 17.5 Å². The number of hydrogen-bond donors (Lipinski definition) is 0. The molecule has 1 amide bonds. The highest BCUT2D eigenvalue weighted by molar-refractivity contribution is 7.90. The molecule has 2 fully saturated rings. The van der Waals surface area contributed by atoms with E-state index in [9.17, 15) is 17.6 Å². The molecule has 10 heteroatoms. The van der Waals surface area contributed by atoms with Crippen molar-refractivity contribution in [2.75, 3.05) is 37.3 Å². The Morgan fingerprint density at radius 1 is 1.12 bits per heavy atom. The van der Waals surface area contributed by atoms with Gasteiger partial charge in [-0.1, -0.05) is 5.16 Å². The normalized spacial score (nSPS) is 18.5. The van der Waals surface area contributed by atoms with Crippen molar-refractivity contribution in [3.63, 3.8) is 0 Å². The number of sulfone groups is 1. The molecule has 0 aromatic heterocycles. The predicted molar refractivity (Wildman–Crippen MR) is 120 cm³/mol. The summed E-state index contributed by atoms with van der Waals surface area (Å²) in [5.74, 6) is -0.540. The van der Waals surface area contributed by atoms with E-state index in [-0.39, 0.29) is 17.1 Å². The molecule has 0 radical (unpaired) electrons. The molecule has 178 valence electrons. The van der Waals surface area contributed by atoms with E-state index in [2.05, 4.69) is 5.16 Å². The van der Waals surface area contributed by atoms with Crippen LogP contribution in [0.1, 0.15) is 46.5 Å². The molecule has 2 saturated heterocycles. The minimum Gasteiger partial charge on any atom is -0.444 e. The number of anilines is 1. The number of rotatable bonds is 4. The molecule has 32 heavy (non-hydrogen) atoms. The molecule has 0 saturated carbocycles. The van der Waals surface area contributed by atoms with Crippen LogP contribution >= 0.6 is 0 Å². The van der Waals surface area contributed by atoms with Gasteiger partial charge < -0.3 is 19.4 Å². The summed E-state index contributed by atoms with van der Waals surface area (Å²) in [4.78, 5) is 21.4. The van der Waals surface area contributed by atoms with E-state index in [0.717, 1.165) is 18.0 Å². The fraction of sp³-hybridized carbons (Fsp3) is 0.636. The molecule has 8 nitrogen and oxygen atoms in total. The number of ether oxygens (including phenoxy) is 1. The molecule has 2 aliphatic heterocycles. The van der Waals surface area contributed by atoms with Gasteiger partial charge in [-0.05, 0) is 39.0 Å². The lowest BCUT2D eigenvalue weighted by Gasteiger charge is -2.33. The van der Waals surface area contributed by atoms with Gasteiger partial charge in [-0.2, -0.15) is 0 Å². The summed E-state index contributed by atoms with van der Waals surface area (Å²) in [6.45, 7) is 7.84. The monoisotopic (exact) mass is 469 g/mol. The van der Waals surface area contributed by atoms with Crippen molar-refractivity contribution in [1.29, 1.82) is 0 Å². The summed E-state index contributed by atoms with van der Waals surface area (Å²) in [6, 6.07) is 4.02. The average Bonchev–Trinajstić information content (AvgIpc) is 2.71. The Bertz CT molecular complexity index is 956. The van der Waals surface area contributed by atoms with Gasteiger partial charge >= 0.3 is 6.09 Å². The maximum atomic E-state index is 14.4. The lowest BCUT2D eigenvalue weighted by Crippen LogP contribution is -2.43. The van der Waals surface area contributed by atoms with Crippen molar-refractivity contribution in [2.24, 2.45) is 5.16 Å². The smallest absolute Gasteiger partial charge is 0.410 e. The molecule has 1 aromatic carbocycles. The molecule has 3 rings (SSSR count). The number of hydrogen-bond acceptors (Lipinski definition) is 7. The Hall–Kier alpha value is -2.36. The molecule has 0 unspecified atom stereocenters. The van der Waals surface area contributed by atoms with Gasteiger partial charge in [0, 0.05) is 58.1 Å². The van der Waals surface area contributed by atoms with E-state index in [1.54, 1.807) is 4.90 Å². The number of halogens is 1. The molecule has 0 aliphatic carbocycles. The van der Waals surface area contributed by atoms with Gasteiger partial charge in [0.15, 0.2) is 9.84 Å². The first-order valence-corrected chi connectivity index (χ1v) is 12.8. The fourth-order valence-electron chi connectivity index (χ4n) is 3.69. The third kappa shape index (κ3) is 6.57. The molecule has 0 bridgehead atoms. The Morgan fingerprint density at radius 2 is 1.75 bits per heavy atom. The highest BCUT2D eigenvalue weighted by Gasteiger charge is 2.28. The van der Waals surface area contributed by atoms with E-state index in [1.165, 1.54) is 12.1 Å². The number of piperidine rings is 2. The second kappa shape index (κ2) is 9.64. The van der Waals surface area contributed by atoms with E-state index in [1.807, 2.05) is 25.7 Å². The second-order valence-corrected chi connectivity index (χ2v) is 11.3. The quantitative estimate of drug-likeness (QED) is 0.626. The third-order valence-corrected chi connectivity index (χ3v) is 6.56. The van der Waals surface area contributed by atoms with Crippen molar-refractivity contribution in [2.45, 2.75) is 63.1 Å². The van der Waals surface area contributed by atoms with Crippen molar-refractivity contribution in [1.82, 2.24) is 4.90 Å². The van der Waals surface area contributed by atoms with E-state index in [4.69, 9.17) is 9.57 Å². The largest absolute Gasteiger partial charge is 0.444 e. The molecule has 2 heterocycles. The van der Waals surface area contributed by atoms with Gasteiger partial charge in [-0.15, -0.1) is 0 Å². The Kier molecular flexibility index (Phi) is 7.32. The molecule has 0 N–H and O–H groups in total. The predicted octanol–water partition coefficient (Wildman–Crippen LogP) is 3.60. The van der Waals surface area contributed by atoms with Gasteiger partial charge in [-0.3, -0.25) is 0 Å². The lowest BCUT2D eigenvalue weighted by molar-refractivity contribution is -0.0102. The number of oxime groups is 1. The van der Waals surface area contributed by atoms with Crippen LogP contribution < -0.4 is 4.90 Å². The minimum atomic E-state index is -3.44. The highest BCUT2D eigenvalue weighted by atomic mass is 32.2. The van der Waals surface area contributed by atoms with Gasteiger partial charge in [0.2, 0.25) is 0 Å². The van der Waals surface area contributed by atoms with Crippen LogP contribution in [0.3, 0.4) is 0 Å². The Morgan fingerprint density at radius 3 is 2.28 bits per heavy atom. The summed E-state index contributed by atoms with van der Waals surface area (Å²) in [5.41, 5.74) is 0.806. The number of likely N-dealkylation sites (tertiary alicyclic amines) is 1. The standard InChI is InChI=1S/C22H32FN3O5S/c1-22(2,3)30-21(27)26-13-9-17(10-14-26)31-24-16-7-11-25(12-8-16)20-6-5-18(15-19(20)23)32(4,28)29/h5-6,15,17H,7-14H2,1-4H3. The van der Waals surface area contributed by atoms with Crippen LogP contribution in [0.15, 0.2) is 28.3 Å². The lowest BCUT2D eigenvalue weighted by atomic mass is 10.1. The molecule has 2 aliphatic rings. The number of amides is 1.